The Morgan fingerprint density at radius 3 is 2.28 bits per heavy atom. The van der Waals surface area contributed by atoms with E-state index in [2.05, 4.69) is 4.72 Å². The minimum atomic E-state index is -3.56. The normalized spacial score (nSPS) is 11.8. The van der Waals surface area contributed by atoms with Gasteiger partial charge in [0.05, 0.1) is 11.0 Å². The third-order valence-electron chi connectivity index (χ3n) is 3.79. The van der Waals surface area contributed by atoms with E-state index in [0.717, 1.165) is 22.1 Å². The van der Waals surface area contributed by atoms with Crippen molar-refractivity contribution < 1.29 is 13.2 Å². The Morgan fingerprint density at radius 1 is 0.920 bits per heavy atom. The predicted octanol–water partition coefficient (Wildman–Crippen LogP) is 4.11. The van der Waals surface area contributed by atoms with E-state index in [1.165, 1.54) is 0 Å². The molecular formula is C20H21NO3S. The maximum atomic E-state index is 12.5. The highest BCUT2D eigenvalue weighted by Gasteiger charge is 2.14. The van der Waals surface area contributed by atoms with E-state index in [0.29, 0.717) is 0 Å². The van der Waals surface area contributed by atoms with Crippen molar-refractivity contribution in [3.8, 4) is 5.75 Å². The first-order chi connectivity index (χ1) is 11.9. The van der Waals surface area contributed by atoms with Crippen molar-refractivity contribution in [3.63, 3.8) is 0 Å². The van der Waals surface area contributed by atoms with Crippen molar-refractivity contribution in [3.05, 3.63) is 72.3 Å². The third-order valence-corrected chi connectivity index (χ3v) is 5.19. The molecule has 0 heterocycles. The van der Waals surface area contributed by atoms with Gasteiger partial charge in [-0.3, -0.25) is 0 Å². The molecule has 0 radical (unpaired) electrons. The lowest BCUT2D eigenvalue weighted by Crippen LogP contribution is -2.23. The van der Waals surface area contributed by atoms with Gasteiger partial charge < -0.3 is 4.74 Å². The zero-order chi connectivity index (χ0) is 17.9. The number of rotatable bonds is 6. The van der Waals surface area contributed by atoms with Crippen molar-refractivity contribution in [1.29, 1.82) is 0 Å². The second kappa shape index (κ2) is 7.25. The Hall–Kier alpha value is -2.37. The van der Waals surface area contributed by atoms with Crippen molar-refractivity contribution in [2.45, 2.75) is 31.4 Å². The molecule has 0 saturated carbocycles. The maximum absolute atomic E-state index is 12.5. The van der Waals surface area contributed by atoms with E-state index >= 15 is 0 Å². The number of fused-ring (bicyclic) bond motifs is 1. The Kier molecular flexibility index (Phi) is 5.06. The van der Waals surface area contributed by atoms with Crippen LogP contribution in [0.25, 0.3) is 10.8 Å². The molecule has 0 spiro atoms. The summed E-state index contributed by atoms with van der Waals surface area (Å²) in [5.41, 5.74) is 0.875. The summed E-state index contributed by atoms with van der Waals surface area (Å²) in [6.07, 6.45) is 0.109. The molecule has 0 amide bonds. The van der Waals surface area contributed by atoms with Gasteiger partial charge >= 0.3 is 0 Å². The minimum Gasteiger partial charge on any atom is -0.491 e. The molecule has 4 nitrogen and oxygen atoms in total. The van der Waals surface area contributed by atoms with Gasteiger partial charge in [-0.05, 0) is 54.4 Å². The first-order valence-electron chi connectivity index (χ1n) is 8.18. The molecule has 3 aromatic rings. The van der Waals surface area contributed by atoms with E-state index in [1.807, 2.05) is 68.4 Å². The van der Waals surface area contributed by atoms with Crippen LogP contribution in [0.4, 0.5) is 0 Å². The SMILES string of the molecule is CC(C)Oc1ccc(CNS(=O)(=O)c2ccc3ccccc3c2)cc1. The van der Waals surface area contributed by atoms with Crippen LogP contribution in [0.5, 0.6) is 5.75 Å². The van der Waals surface area contributed by atoms with Gasteiger partial charge in [0.1, 0.15) is 5.75 Å². The molecule has 0 aromatic heterocycles. The van der Waals surface area contributed by atoms with Gasteiger partial charge in [0, 0.05) is 6.54 Å². The van der Waals surface area contributed by atoms with Crippen molar-refractivity contribution in [1.82, 2.24) is 4.72 Å². The van der Waals surface area contributed by atoms with Crippen LogP contribution in [-0.2, 0) is 16.6 Å². The molecule has 25 heavy (non-hydrogen) atoms. The predicted molar refractivity (Wildman–Crippen MR) is 100 cm³/mol. The molecule has 0 bridgehead atoms. The summed E-state index contributed by atoms with van der Waals surface area (Å²) in [5, 5.41) is 1.92. The zero-order valence-corrected chi connectivity index (χ0v) is 15.1. The van der Waals surface area contributed by atoms with Crippen molar-refractivity contribution in [2.24, 2.45) is 0 Å². The first kappa shape index (κ1) is 17.5. The lowest BCUT2D eigenvalue weighted by atomic mass is 10.1. The zero-order valence-electron chi connectivity index (χ0n) is 14.3. The molecule has 5 heteroatoms. The van der Waals surface area contributed by atoms with E-state index in [9.17, 15) is 8.42 Å². The molecule has 0 atom stereocenters. The minimum absolute atomic E-state index is 0.109. The fourth-order valence-corrected chi connectivity index (χ4v) is 3.61. The molecular weight excluding hydrogens is 334 g/mol. The highest BCUT2D eigenvalue weighted by Crippen LogP contribution is 2.19. The van der Waals surface area contributed by atoms with Crippen LogP contribution in [0.15, 0.2) is 71.6 Å². The molecule has 3 aromatic carbocycles. The Bertz CT molecular complexity index is 964. The summed E-state index contributed by atoms with van der Waals surface area (Å²) in [6, 6.07) is 20.3. The molecule has 0 saturated heterocycles. The van der Waals surface area contributed by atoms with Gasteiger partial charge in [-0.15, -0.1) is 0 Å². The van der Waals surface area contributed by atoms with Crippen molar-refractivity contribution in [2.75, 3.05) is 0 Å². The number of hydrogen-bond acceptors (Lipinski definition) is 3. The van der Waals surface area contributed by atoms with E-state index < -0.39 is 10.0 Å². The highest BCUT2D eigenvalue weighted by atomic mass is 32.2. The monoisotopic (exact) mass is 355 g/mol. The molecule has 0 aliphatic carbocycles. The van der Waals surface area contributed by atoms with E-state index in [4.69, 9.17) is 4.74 Å². The Balaban J connectivity index is 1.72. The number of ether oxygens (including phenoxy) is 1. The summed E-state index contributed by atoms with van der Waals surface area (Å²) >= 11 is 0. The van der Waals surface area contributed by atoms with Gasteiger partial charge in [0.25, 0.3) is 0 Å². The number of benzene rings is 3. The van der Waals surface area contributed by atoms with Crippen LogP contribution in [0.1, 0.15) is 19.4 Å². The number of hydrogen-bond donors (Lipinski definition) is 1. The lowest BCUT2D eigenvalue weighted by Gasteiger charge is -2.11. The second-order valence-electron chi connectivity index (χ2n) is 6.14. The Morgan fingerprint density at radius 2 is 1.60 bits per heavy atom. The van der Waals surface area contributed by atoms with E-state index in [-0.39, 0.29) is 17.5 Å². The topological polar surface area (TPSA) is 55.4 Å². The standard InChI is InChI=1S/C20H21NO3S/c1-15(2)24-19-10-7-16(8-11-19)14-21-25(22,23)20-12-9-17-5-3-4-6-18(17)13-20/h3-13,15,21H,14H2,1-2H3. The molecule has 0 unspecified atom stereocenters. The van der Waals surface area contributed by atoms with Gasteiger partial charge in [-0.2, -0.15) is 0 Å². The van der Waals surface area contributed by atoms with E-state index in [1.54, 1.807) is 12.1 Å². The largest absolute Gasteiger partial charge is 0.491 e. The fourth-order valence-electron chi connectivity index (χ4n) is 2.55. The van der Waals surface area contributed by atoms with Crippen LogP contribution in [0, 0.1) is 0 Å². The van der Waals surface area contributed by atoms with Crippen molar-refractivity contribution >= 4 is 20.8 Å². The van der Waals surface area contributed by atoms with Crippen LogP contribution < -0.4 is 9.46 Å². The average molecular weight is 355 g/mol. The van der Waals surface area contributed by atoms with Crippen LogP contribution in [-0.4, -0.2) is 14.5 Å². The number of nitrogens with one attached hydrogen (secondary N) is 1. The van der Waals surface area contributed by atoms with Gasteiger partial charge in [0.15, 0.2) is 0 Å². The molecule has 0 aliphatic rings. The molecule has 0 aliphatic heterocycles. The summed E-state index contributed by atoms with van der Waals surface area (Å²) in [5.74, 6) is 0.774. The molecule has 130 valence electrons. The van der Waals surface area contributed by atoms with Crippen LogP contribution in [0.3, 0.4) is 0 Å². The fraction of sp³-hybridized carbons (Fsp3) is 0.200. The number of sulfonamides is 1. The summed E-state index contributed by atoms with van der Waals surface area (Å²) in [6.45, 7) is 4.16. The third kappa shape index (κ3) is 4.38. The van der Waals surface area contributed by atoms with Gasteiger partial charge in [-0.1, -0.05) is 42.5 Å². The quantitative estimate of drug-likeness (QED) is 0.724. The average Bonchev–Trinajstić information content (AvgIpc) is 2.60. The molecule has 0 fully saturated rings. The van der Waals surface area contributed by atoms with Crippen LogP contribution in [0.2, 0.25) is 0 Å². The highest BCUT2D eigenvalue weighted by molar-refractivity contribution is 7.89. The van der Waals surface area contributed by atoms with Gasteiger partial charge in [0.2, 0.25) is 10.0 Å². The van der Waals surface area contributed by atoms with Gasteiger partial charge in [-0.25, -0.2) is 13.1 Å². The summed E-state index contributed by atoms with van der Waals surface area (Å²) in [7, 11) is -3.56. The summed E-state index contributed by atoms with van der Waals surface area (Å²) < 4.78 is 33.3. The second-order valence-corrected chi connectivity index (χ2v) is 7.91. The first-order valence-corrected chi connectivity index (χ1v) is 9.66. The molecule has 3 rings (SSSR count). The maximum Gasteiger partial charge on any atom is 0.240 e. The molecule has 1 N–H and O–H groups in total. The Labute approximate surface area is 148 Å². The van der Waals surface area contributed by atoms with Crippen LogP contribution >= 0.6 is 0 Å². The lowest BCUT2D eigenvalue weighted by molar-refractivity contribution is 0.242. The summed E-state index contributed by atoms with van der Waals surface area (Å²) in [4.78, 5) is 0.269. The smallest absolute Gasteiger partial charge is 0.240 e.